The summed E-state index contributed by atoms with van der Waals surface area (Å²) in [4.78, 5) is 12.2. The normalized spacial score (nSPS) is 11.4. The Labute approximate surface area is 156 Å². The molecule has 0 radical (unpaired) electrons. The van der Waals surface area contributed by atoms with E-state index in [1.807, 2.05) is 11.4 Å². The number of hydrogen-bond donors (Lipinski definition) is 1. The smallest absolute Gasteiger partial charge is 0.337 e. The van der Waals surface area contributed by atoms with E-state index < -0.39 is 5.97 Å². The van der Waals surface area contributed by atoms with Crippen LogP contribution in [0.25, 0.3) is 11.6 Å². The minimum atomic E-state index is -0.988. The molecular weight excluding hydrogens is 360 g/mol. The van der Waals surface area contributed by atoms with Crippen molar-refractivity contribution in [1.82, 2.24) is 0 Å². The first-order chi connectivity index (χ1) is 12.1. The second kappa shape index (κ2) is 9.49. The van der Waals surface area contributed by atoms with Crippen molar-refractivity contribution in [3.05, 3.63) is 45.1 Å². The fourth-order valence-corrected chi connectivity index (χ4v) is 3.33. The topological polar surface area (TPSA) is 55.8 Å². The molecule has 1 heterocycles. The van der Waals surface area contributed by atoms with Crippen LogP contribution in [0.4, 0.5) is 0 Å². The molecule has 0 saturated carbocycles. The van der Waals surface area contributed by atoms with Crippen LogP contribution in [0.15, 0.2) is 29.6 Å². The number of unbranched alkanes of at least 4 members (excludes halogenated alkanes) is 2. The van der Waals surface area contributed by atoms with E-state index in [1.165, 1.54) is 18.4 Å². The molecule has 1 aromatic heterocycles. The van der Waals surface area contributed by atoms with Gasteiger partial charge in [-0.2, -0.15) is 0 Å². The van der Waals surface area contributed by atoms with Crippen LogP contribution in [0, 0.1) is 0 Å². The van der Waals surface area contributed by atoms with Crippen LogP contribution < -0.4 is 9.47 Å². The van der Waals surface area contributed by atoms with Gasteiger partial charge in [-0.15, -0.1) is 11.3 Å². The summed E-state index contributed by atoms with van der Waals surface area (Å²) >= 11 is 7.71. The third-order valence-electron chi connectivity index (χ3n) is 3.57. The molecule has 2 rings (SSSR count). The molecule has 1 aromatic carbocycles. The Morgan fingerprint density at radius 2 is 2.16 bits per heavy atom. The second-order valence-corrected chi connectivity index (χ2v) is 6.79. The van der Waals surface area contributed by atoms with Crippen molar-refractivity contribution >= 4 is 40.6 Å². The van der Waals surface area contributed by atoms with E-state index in [-0.39, 0.29) is 5.57 Å². The van der Waals surface area contributed by atoms with E-state index in [0.717, 1.165) is 19.3 Å². The largest absolute Gasteiger partial charge is 0.493 e. The lowest BCUT2D eigenvalue weighted by molar-refractivity contribution is -0.130. The highest BCUT2D eigenvalue weighted by atomic mass is 35.5. The van der Waals surface area contributed by atoms with Crippen molar-refractivity contribution in [3.8, 4) is 11.5 Å². The van der Waals surface area contributed by atoms with Crippen LogP contribution in [-0.2, 0) is 4.79 Å². The van der Waals surface area contributed by atoms with Crippen LogP contribution in [-0.4, -0.2) is 24.8 Å². The van der Waals surface area contributed by atoms with E-state index in [9.17, 15) is 9.90 Å². The number of hydrogen-bond acceptors (Lipinski definition) is 4. The van der Waals surface area contributed by atoms with Crippen LogP contribution in [0.5, 0.6) is 11.5 Å². The van der Waals surface area contributed by atoms with Gasteiger partial charge in [-0.05, 0) is 41.6 Å². The van der Waals surface area contributed by atoms with Gasteiger partial charge >= 0.3 is 5.97 Å². The Bertz CT molecular complexity index is 738. The number of carboxylic acid groups (broad SMARTS) is 1. The molecular formula is C19H21ClO4S. The van der Waals surface area contributed by atoms with Gasteiger partial charge in [-0.3, -0.25) is 0 Å². The highest BCUT2D eigenvalue weighted by Crippen LogP contribution is 2.37. The number of carbonyl (C=O) groups is 1. The number of thiophene rings is 1. The van der Waals surface area contributed by atoms with Crippen molar-refractivity contribution in [2.75, 3.05) is 13.7 Å². The summed E-state index contributed by atoms with van der Waals surface area (Å²) in [6.07, 6.45) is 4.73. The zero-order valence-electron chi connectivity index (χ0n) is 14.3. The molecule has 0 aliphatic rings. The number of benzene rings is 1. The van der Waals surface area contributed by atoms with E-state index in [4.69, 9.17) is 21.1 Å². The van der Waals surface area contributed by atoms with E-state index in [1.54, 1.807) is 24.3 Å². The Balaban J connectivity index is 2.31. The first-order valence-corrected chi connectivity index (χ1v) is 9.31. The zero-order chi connectivity index (χ0) is 18.2. The first-order valence-electron chi connectivity index (χ1n) is 8.06. The van der Waals surface area contributed by atoms with Crippen molar-refractivity contribution in [1.29, 1.82) is 0 Å². The average Bonchev–Trinajstić information content (AvgIpc) is 3.11. The van der Waals surface area contributed by atoms with Gasteiger partial charge in [-0.1, -0.05) is 37.4 Å². The van der Waals surface area contributed by atoms with Crippen molar-refractivity contribution in [2.45, 2.75) is 26.2 Å². The molecule has 0 fully saturated rings. The van der Waals surface area contributed by atoms with Crippen LogP contribution in [0.2, 0.25) is 5.02 Å². The third kappa shape index (κ3) is 5.25. The average molecular weight is 381 g/mol. The van der Waals surface area contributed by atoms with Gasteiger partial charge in [0.15, 0.2) is 11.5 Å². The lowest BCUT2D eigenvalue weighted by Gasteiger charge is -2.13. The molecule has 0 aliphatic heterocycles. The molecule has 0 atom stereocenters. The number of methoxy groups -OCH3 is 1. The molecule has 0 saturated heterocycles. The Morgan fingerprint density at radius 3 is 2.76 bits per heavy atom. The van der Waals surface area contributed by atoms with Crippen LogP contribution in [0.1, 0.15) is 36.6 Å². The fourth-order valence-electron chi connectivity index (χ4n) is 2.33. The van der Waals surface area contributed by atoms with Gasteiger partial charge in [0.25, 0.3) is 0 Å². The molecule has 2 aromatic rings. The Kier molecular flexibility index (Phi) is 7.34. The molecule has 0 spiro atoms. The predicted molar refractivity (Wildman–Crippen MR) is 103 cm³/mol. The van der Waals surface area contributed by atoms with Crippen LogP contribution in [0.3, 0.4) is 0 Å². The number of ether oxygens (including phenoxy) is 2. The zero-order valence-corrected chi connectivity index (χ0v) is 15.8. The summed E-state index contributed by atoms with van der Waals surface area (Å²) in [5, 5.41) is 11.7. The summed E-state index contributed by atoms with van der Waals surface area (Å²) in [6.45, 7) is 2.69. The summed E-state index contributed by atoms with van der Waals surface area (Å²) in [6, 6.07) is 7.01. The molecule has 1 N–H and O–H groups in total. The highest BCUT2D eigenvalue weighted by molar-refractivity contribution is 7.11. The van der Waals surface area contributed by atoms with Gasteiger partial charge in [0, 0.05) is 4.88 Å². The molecule has 0 aliphatic carbocycles. The second-order valence-electron chi connectivity index (χ2n) is 5.43. The molecule has 0 bridgehead atoms. The van der Waals surface area contributed by atoms with Gasteiger partial charge in [0.1, 0.15) is 0 Å². The van der Waals surface area contributed by atoms with Gasteiger partial charge in [0.2, 0.25) is 0 Å². The lowest BCUT2D eigenvalue weighted by Crippen LogP contribution is -2.01. The fraction of sp³-hybridized carbons (Fsp3) is 0.316. The number of rotatable bonds is 9. The summed E-state index contributed by atoms with van der Waals surface area (Å²) in [5.74, 6) is -0.00554. The minimum absolute atomic E-state index is 0.213. The maximum Gasteiger partial charge on any atom is 0.337 e. The molecule has 134 valence electrons. The van der Waals surface area contributed by atoms with E-state index in [2.05, 4.69) is 6.92 Å². The van der Waals surface area contributed by atoms with Crippen LogP contribution >= 0.6 is 22.9 Å². The van der Waals surface area contributed by atoms with Gasteiger partial charge < -0.3 is 14.6 Å². The van der Waals surface area contributed by atoms with E-state index in [0.29, 0.717) is 33.6 Å². The molecule has 0 amide bonds. The number of carboxylic acids is 1. The number of halogens is 1. The Morgan fingerprint density at radius 1 is 1.36 bits per heavy atom. The predicted octanol–water partition coefficient (Wildman–Crippen LogP) is 5.60. The maximum absolute atomic E-state index is 11.6. The van der Waals surface area contributed by atoms with Crippen molar-refractivity contribution in [2.24, 2.45) is 0 Å². The monoisotopic (exact) mass is 380 g/mol. The quantitative estimate of drug-likeness (QED) is 0.454. The van der Waals surface area contributed by atoms with Crippen molar-refractivity contribution < 1.29 is 19.4 Å². The maximum atomic E-state index is 11.6. The molecule has 0 unspecified atom stereocenters. The van der Waals surface area contributed by atoms with Gasteiger partial charge in [0.05, 0.1) is 24.3 Å². The van der Waals surface area contributed by atoms with Gasteiger partial charge in [-0.25, -0.2) is 4.79 Å². The summed E-state index contributed by atoms with van der Waals surface area (Å²) in [5.41, 5.74) is 0.860. The lowest BCUT2D eigenvalue weighted by atomic mass is 10.1. The molecule has 4 nitrogen and oxygen atoms in total. The third-order valence-corrected chi connectivity index (χ3v) is 4.76. The Hall–Kier alpha value is -1.98. The first kappa shape index (κ1) is 19.3. The minimum Gasteiger partial charge on any atom is -0.493 e. The summed E-state index contributed by atoms with van der Waals surface area (Å²) in [7, 11) is 1.54. The SMILES string of the molecule is CCCCCOc1c(Cl)cc(/C=C(\C(=O)O)c2cccs2)cc1OC. The highest BCUT2D eigenvalue weighted by Gasteiger charge is 2.15. The standard InChI is InChI=1S/C19H21ClO4S/c1-3-4-5-8-24-18-15(20)11-13(12-16(18)23-2)10-14(19(21)22)17-7-6-9-25-17/h6-7,9-12H,3-5,8H2,1-2H3,(H,21,22)/b14-10-. The summed E-state index contributed by atoms with van der Waals surface area (Å²) < 4.78 is 11.1. The van der Waals surface area contributed by atoms with Crippen molar-refractivity contribution in [3.63, 3.8) is 0 Å². The number of aliphatic carboxylic acids is 1. The van der Waals surface area contributed by atoms with E-state index >= 15 is 0 Å². The molecule has 25 heavy (non-hydrogen) atoms. The molecule has 6 heteroatoms.